The van der Waals surface area contributed by atoms with Crippen molar-refractivity contribution in [2.75, 3.05) is 13.2 Å². The molecule has 0 aromatic heterocycles. The molecule has 5 heteroatoms. The van der Waals surface area contributed by atoms with Crippen LogP contribution in [0, 0.1) is 0 Å². The van der Waals surface area contributed by atoms with Crippen molar-refractivity contribution in [2.45, 2.75) is 31.6 Å². The lowest BCUT2D eigenvalue weighted by Crippen LogP contribution is -2.45. The minimum Gasteiger partial charge on any atom is -0.386 e. The number of aliphatic hydroxyl groups is 1. The van der Waals surface area contributed by atoms with Crippen LogP contribution in [0.2, 0.25) is 0 Å². The minimum atomic E-state index is -0.730. The summed E-state index contributed by atoms with van der Waals surface area (Å²) in [6.45, 7) is 3.86. The number of halogens is 2. The highest BCUT2D eigenvalue weighted by atomic mass is 79.9. The van der Waals surface area contributed by atoms with E-state index >= 15 is 0 Å². The molecule has 0 bridgehead atoms. The van der Waals surface area contributed by atoms with Gasteiger partial charge < -0.3 is 15.2 Å². The minimum absolute atomic E-state index is 0.0957. The molecular formula is C13H17Br2NO2. The van der Waals surface area contributed by atoms with Gasteiger partial charge in [-0.15, -0.1) is 0 Å². The van der Waals surface area contributed by atoms with Gasteiger partial charge in [-0.1, -0.05) is 6.07 Å². The van der Waals surface area contributed by atoms with Crippen molar-refractivity contribution < 1.29 is 9.84 Å². The Morgan fingerprint density at radius 2 is 2.22 bits per heavy atom. The molecule has 1 heterocycles. The van der Waals surface area contributed by atoms with Crippen molar-refractivity contribution in [3.8, 4) is 0 Å². The summed E-state index contributed by atoms with van der Waals surface area (Å²) in [4.78, 5) is 0. The third kappa shape index (κ3) is 3.33. The molecule has 0 amide bonds. The molecule has 2 rings (SSSR count). The molecule has 0 saturated carbocycles. The molecule has 1 aliphatic rings. The van der Waals surface area contributed by atoms with E-state index in [1.807, 2.05) is 13.0 Å². The first-order valence-corrected chi connectivity index (χ1v) is 7.58. The molecule has 0 radical (unpaired) electrons. The lowest BCUT2D eigenvalue weighted by Gasteiger charge is -2.26. The smallest absolute Gasteiger partial charge is 0.105 e. The number of ether oxygens (including phenoxy) is 1. The molecule has 18 heavy (non-hydrogen) atoms. The topological polar surface area (TPSA) is 41.5 Å². The first-order valence-electron chi connectivity index (χ1n) is 6.00. The van der Waals surface area contributed by atoms with Crippen LogP contribution in [0.5, 0.6) is 0 Å². The Labute approximate surface area is 124 Å². The van der Waals surface area contributed by atoms with Gasteiger partial charge in [0.2, 0.25) is 0 Å². The Bertz CT molecular complexity index is 427. The van der Waals surface area contributed by atoms with Crippen molar-refractivity contribution >= 4 is 31.9 Å². The highest BCUT2D eigenvalue weighted by Crippen LogP contribution is 2.26. The number of hydrogen-bond acceptors (Lipinski definition) is 3. The van der Waals surface area contributed by atoms with E-state index in [1.165, 1.54) is 5.56 Å². The molecule has 1 aliphatic heterocycles. The van der Waals surface area contributed by atoms with E-state index in [0.717, 1.165) is 15.5 Å². The molecule has 0 aliphatic carbocycles. The average molecular weight is 379 g/mol. The highest BCUT2D eigenvalue weighted by molar-refractivity contribution is 9.13. The Kier molecular flexibility index (Phi) is 4.83. The summed E-state index contributed by atoms with van der Waals surface area (Å²) in [5.41, 5.74) is 0.451. The maximum absolute atomic E-state index is 10.3. The summed E-state index contributed by atoms with van der Waals surface area (Å²) in [6.07, 6.45) is 0.604. The van der Waals surface area contributed by atoms with Crippen LogP contribution >= 0.6 is 31.9 Å². The van der Waals surface area contributed by atoms with Gasteiger partial charge in [0.25, 0.3) is 0 Å². The highest BCUT2D eigenvalue weighted by Gasteiger charge is 2.38. The lowest BCUT2D eigenvalue weighted by molar-refractivity contribution is -0.0262. The van der Waals surface area contributed by atoms with Crippen LogP contribution in [0.3, 0.4) is 0 Å². The van der Waals surface area contributed by atoms with Crippen molar-refractivity contribution in [1.82, 2.24) is 5.32 Å². The predicted molar refractivity (Wildman–Crippen MR) is 78.5 cm³/mol. The van der Waals surface area contributed by atoms with E-state index in [4.69, 9.17) is 4.74 Å². The summed E-state index contributed by atoms with van der Waals surface area (Å²) in [5, 5.41) is 13.6. The first kappa shape index (κ1) is 14.5. The number of hydrogen-bond donors (Lipinski definition) is 2. The zero-order valence-corrected chi connectivity index (χ0v) is 13.4. The normalized spacial score (nSPS) is 27.7. The summed E-state index contributed by atoms with van der Waals surface area (Å²) >= 11 is 6.92. The molecule has 100 valence electrons. The SMILES string of the molecule is CC1OCCC1(O)CNCc1ccc(Br)c(Br)c1. The molecule has 1 fully saturated rings. The Hall–Kier alpha value is 0.0600. The van der Waals surface area contributed by atoms with Gasteiger partial charge in [0.15, 0.2) is 0 Å². The maximum Gasteiger partial charge on any atom is 0.105 e. The van der Waals surface area contributed by atoms with E-state index in [1.54, 1.807) is 0 Å². The number of benzene rings is 1. The van der Waals surface area contributed by atoms with Gasteiger partial charge in [-0.25, -0.2) is 0 Å². The second kappa shape index (κ2) is 6.01. The molecule has 1 saturated heterocycles. The van der Waals surface area contributed by atoms with E-state index in [-0.39, 0.29) is 6.10 Å². The second-order valence-corrected chi connectivity index (χ2v) is 6.43. The largest absolute Gasteiger partial charge is 0.386 e. The zero-order valence-electron chi connectivity index (χ0n) is 10.2. The van der Waals surface area contributed by atoms with E-state index in [2.05, 4.69) is 49.3 Å². The maximum atomic E-state index is 10.3. The molecular weight excluding hydrogens is 362 g/mol. The third-order valence-corrected chi connectivity index (χ3v) is 5.28. The third-order valence-electron chi connectivity index (χ3n) is 3.40. The lowest BCUT2D eigenvalue weighted by atomic mass is 9.96. The summed E-state index contributed by atoms with van der Waals surface area (Å²) in [5.74, 6) is 0. The Balaban J connectivity index is 1.86. The van der Waals surface area contributed by atoms with Crippen LogP contribution in [0.25, 0.3) is 0 Å². The van der Waals surface area contributed by atoms with Crippen molar-refractivity contribution in [3.63, 3.8) is 0 Å². The van der Waals surface area contributed by atoms with Crippen LogP contribution in [-0.4, -0.2) is 30.0 Å². The molecule has 1 aromatic rings. The van der Waals surface area contributed by atoms with Crippen molar-refractivity contribution in [1.29, 1.82) is 0 Å². The summed E-state index contributed by atoms with van der Waals surface area (Å²) in [6, 6.07) is 6.13. The fourth-order valence-corrected chi connectivity index (χ4v) is 2.75. The fourth-order valence-electron chi connectivity index (χ4n) is 2.08. The quantitative estimate of drug-likeness (QED) is 0.846. The van der Waals surface area contributed by atoms with E-state index < -0.39 is 5.60 Å². The molecule has 0 spiro atoms. The average Bonchev–Trinajstić information content (AvgIpc) is 2.65. The molecule has 2 N–H and O–H groups in total. The molecule has 2 atom stereocenters. The van der Waals surface area contributed by atoms with Gasteiger partial charge in [-0.05, 0) is 56.5 Å². The van der Waals surface area contributed by atoms with E-state index in [9.17, 15) is 5.11 Å². The zero-order chi connectivity index (χ0) is 13.2. The molecule has 3 nitrogen and oxygen atoms in total. The van der Waals surface area contributed by atoms with Gasteiger partial charge in [0.05, 0.1) is 6.10 Å². The van der Waals surface area contributed by atoms with E-state index in [0.29, 0.717) is 19.6 Å². The van der Waals surface area contributed by atoms with Crippen LogP contribution < -0.4 is 5.32 Å². The van der Waals surface area contributed by atoms with Gasteiger partial charge in [-0.3, -0.25) is 0 Å². The monoisotopic (exact) mass is 377 g/mol. The number of nitrogens with one attached hydrogen (secondary N) is 1. The van der Waals surface area contributed by atoms with Crippen molar-refractivity contribution in [3.05, 3.63) is 32.7 Å². The van der Waals surface area contributed by atoms with Crippen LogP contribution in [0.1, 0.15) is 18.9 Å². The van der Waals surface area contributed by atoms with Gasteiger partial charge in [-0.2, -0.15) is 0 Å². The standard InChI is InChI=1S/C13H17Br2NO2/c1-9-13(17,4-5-18-9)8-16-7-10-2-3-11(14)12(15)6-10/h2-3,6,9,16-17H,4-5,7-8H2,1H3. The molecule has 1 aromatic carbocycles. The van der Waals surface area contributed by atoms with Crippen LogP contribution in [0.15, 0.2) is 27.1 Å². The fraction of sp³-hybridized carbons (Fsp3) is 0.538. The summed E-state index contributed by atoms with van der Waals surface area (Å²) in [7, 11) is 0. The van der Waals surface area contributed by atoms with Crippen LogP contribution in [-0.2, 0) is 11.3 Å². The Morgan fingerprint density at radius 1 is 1.44 bits per heavy atom. The number of rotatable bonds is 4. The van der Waals surface area contributed by atoms with Gasteiger partial charge in [0.1, 0.15) is 5.60 Å². The van der Waals surface area contributed by atoms with Gasteiger partial charge in [0, 0.05) is 35.1 Å². The predicted octanol–water partition coefficient (Wildman–Crippen LogP) is 2.84. The van der Waals surface area contributed by atoms with Gasteiger partial charge >= 0.3 is 0 Å². The second-order valence-electron chi connectivity index (χ2n) is 4.72. The van der Waals surface area contributed by atoms with Crippen molar-refractivity contribution in [2.24, 2.45) is 0 Å². The first-order chi connectivity index (χ1) is 8.51. The molecule has 2 unspecified atom stereocenters. The van der Waals surface area contributed by atoms with Crippen LogP contribution in [0.4, 0.5) is 0 Å². The summed E-state index contributed by atoms with van der Waals surface area (Å²) < 4.78 is 7.49. The Morgan fingerprint density at radius 3 is 2.83 bits per heavy atom.